The van der Waals surface area contributed by atoms with E-state index in [0.717, 1.165) is 53.5 Å². The first kappa shape index (κ1) is 22.8. The third kappa shape index (κ3) is 5.09. The first-order valence-corrected chi connectivity index (χ1v) is 12.2. The first-order chi connectivity index (χ1) is 17.1. The highest BCUT2D eigenvalue weighted by Gasteiger charge is 2.26. The summed E-state index contributed by atoms with van der Waals surface area (Å²) in [6.45, 7) is 7.02. The highest BCUT2D eigenvalue weighted by molar-refractivity contribution is 5.94. The van der Waals surface area contributed by atoms with Crippen LogP contribution in [0.5, 0.6) is 0 Å². The number of hydrogen-bond donors (Lipinski definition) is 0. The van der Waals surface area contributed by atoms with Gasteiger partial charge < -0.3 is 9.80 Å². The fourth-order valence-electron chi connectivity index (χ4n) is 4.68. The van der Waals surface area contributed by atoms with Crippen LogP contribution in [0.25, 0.3) is 11.4 Å². The molecule has 0 N–H and O–H groups in total. The average Bonchev–Trinajstić information content (AvgIpc) is 2.90. The first-order valence-electron chi connectivity index (χ1n) is 12.2. The van der Waals surface area contributed by atoms with Gasteiger partial charge in [0.05, 0.1) is 0 Å². The minimum absolute atomic E-state index is 0.0917. The third-order valence-electron chi connectivity index (χ3n) is 6.57. The predicted molar refractivity (Wildman–Crippen MR) is 141 cm³/mol. The molecule has 1 aliphatic rings. The maximum absolute atomic E-state index is 13.0. The Morgan fingerprint density at radius 1 is 0.800 bits per heavy atom. The van der Waals surface area contributed by atoms with Crippen molar-refractivity contribution in [2.24, 2.45) is 0 Å². The Morgan fingerprint density at radius 2 is 1.49 bits per heavy atom. The second kappa shape index (κ2) is 10.1. The number of hydrogen-bond acceptors (Lipinski definition) is 4. The number of rotatable bonds is 5. The van der Waals surface area contributed by atoms with Gasteiger partial charge in [-0.25, -0.2) is 9.97 Å². The fraction of sp³-hybridized carbons (Fsp3) is 0.233. The SMILES string of the molecule is Cc1cccc(Cc2c(C)nc(-c3ccccc3)nc2N2CCN(C(=O)c3ccccc3)CC2)c1. The molecule has 0 bridgehead atoms. The maximum atomic E-state index is 13.0. The lowest BCUT2D eigenvalue weighted by Crippen LogP contribution is -2.49. The molecule has 3 aromatic carbocycles. The van der Waals surface area contributed by atoms with Crippen molar-refractivity contribution in [3.05, 3.63) is 113 Å². The van der Waals surface area contributed by atoms with Crippen molar-refractivity contribution in [1.29, 1.82) is 0 Å². The fourth-order valence-corrected chi connectivity index (χ4v) is 4.68. The highest BCUT2D eigenvalue weighted by Crippen LogP contribution is 2.28. The van der Waals surface area contributed by atoms with Gasteiger partial charge in [0.15, 0.2) is 5.82 Å². The molecule has 1 aliphatic heterocycles. The van der Waals surface area contributed by atoms with E-state index >= 15 is 0 Å². The van der Waals surface area contributed by atoms with Crippen LogP contribution < -0.4 is 4.90 Å². The highest BCUT2D eigenvalue weighted by atomic mass is 16.2. The number of carbonyl (C=O) groups is 1. The number of aryl methyl sites for hydroxylation is 2. The number of aromatic nitrogens is 2. The van der Waals surface area contributed by atoms with Gasteiger partial charge in [0.1, 0.15) is 5.82 Å². The summed E-state index contributed by atoms with van der Waals surface area (Å²) in [6.07, 6.45) is 0.779. The van der Waals surface area contributed by atoms with E-state index in [1.807, 2.05) is 53.4 Å². The van der Waals surface area contributed by atoms with Gasteiger partial charge in [-0.2, -0.15) is 0 Å². The molecule has 5 nitrogen and oxygen atoms in total. The Hall–Kier alpha value is -3.99. The molecule has 176 valence electrons. The van der Waals surface area contributed by atoms with Gasteiger partial charge in [-0.05, 0) is 31.5 Å². The quantitative estimate of drug-likeness (QED) is 0.403. The van der Waals surface area contributed by atoms with E-state index in [4.69, 9.17) is 9.97 Å². The van der Waals surface area contributed by atoms with Gasteiger partial charge in [-0.15, -0.1) is 0 Å². The Labute approximate surface area is 207 Å². The molecule has 0 atom stereocenters. The zero-order valence-corrected chi connectivity index (χ0v) is 20.3. The summed E-state index contributed by atoms with van der Waals surface area (Å²) in [5.41, 5.74) is 6.40. The van der Waals surface area contributed by atoms with Crippen LogP contribution >= 0.6 is 0 Å². The normalized spacial score (nSPS) is 13.7. The summed E-state index contributed by atoms with van der Waals surface area (Å²) >= 11 is 0. The lowest BCUT2D eigenvalue weighted by atomic mass is 10.0. The number of nitrogens with zero attached hydrogens (tertiary/aromatic N) is 4. The number of carbonyl (C=O) groups excluding carboxylic acids is 1. The van der Waals surface area contributed by atoms with Crippen molar-refractivity contribution >= 4 is 11.7 Å². The molecule has 1 saturated heterocycles. The topological polar surface area (TPSA) is 49.3 Å². The van der Waals surface area contributed by atoms with Crippen LogP contribution in [-0.4, -0.2) is 47.0 Å². The molecule has 0 saturated carbocycles. The van der Waals surface area contributed by atoms with Crippen LogP contribution in [0.1, 0.15) is 32.7 Å². The summed E-state index contributed by atoms with van der Waals surface area (Å²) in [5.74, 6) is 1.81. The smallest absolute Gasteiger partial charge is 0.253 e. The molecule has 1 fully saturated rings. The van der Waals surface area contributed by atoms with Crippen LogP contribution in [-0.2, 0) is 6.42 Å². The van der Waals surface area contributed by atoms with Gasteiger partial charge in [0.2, 0.25) is 0 Å². The molecule has 2 heterocycles. The zero-order chi connectivity index (χ0) is 24.2. The van der Waals surface area contributed by atoms with Gasteiger partial charge >= 0.3 is 0 Å². The van der Waals surface area contributed by atoms with Crippen LogP contribution in [0.3, 0.4) is 0 Å². The summed E-state index contributed by atoms with van der Waals surface area (Å²) in [5, 5.41) is 0. The zero-order valence-electron chi connectivity index (χ0n) is 20.3. The van der Waals surface area contributed by atoms with Crippen molar-refractivity contribution in [3.63, 3.8) is 0 Å². The minimum atomic E-state index is 0.0917. The number of anilines is 1. The molecule has 0 radical (unpaired) electrons. The van der Waals surface area contributed by atoms with Gasteiger partial charge in [0, 0.05) is 55.0 Å². The number of amides is 1. The van der Waals surface area contributed by atoms with Gasteiger partial charge in [-0.3, -0.25) is 4.79 Å². The largest absolute Gasteiger partial charge is 0.353 e. The van der Waals surface area contributed by atoms with E-state index in [0.29, 0.717) is 13.1 Å². The second-order valence-electron chi connectivity index (χ2n) is 9.11. The molecule has 35 heavy (non-hydrogen) atoms. The number of piperazine rings is 1. The molecule has 0 unspecified atom stereocenters. The second-order valence-corrected chi connectivity index (χ2v) is 9.11. The molecule has 1 amide bonds. The van der Waals surface area contributed by atoms with Crippen LogP contribution in [0.4, 0.5) is 5.82 Å². The molecule has 1 aromatic heterocycles. The summed E-state index contributed by atoms with van der Waals surface area (Å²) in [7, 11) is 0. The minimum Gasteiger partial charge on any atom is -0.353 e. The van der Waals surface area contributed by atoms with Crippen molar-refractivity contribution in [3.8, 4) is 11.4 Å². The van der Waals surface area contributed by atoms with Crippen LogP contribution in [0.15, 0.2) is 84.9 Å². The molecule has 0 spiro atoms. The van der Waals surface area contributed by atoms with Crippen LogP contribution in [0.2, 0.25) is 0 Å². The summed E-state index contributed by atoms with van der Waals surface area (Å²) in [6, 6.07) is 28.3. The monoisotopic (exact) mass is 462 g/mol. The van der Waals surface area contributed by atoms with Crippen molar-refractivity contribution in [2.45, 2.75) is 20.3 Å². The van der Waals surface area contributed by atoms with Crippen molar-refractivity contribution in [1.82, 2.24) is 14.9 Å². The van der Waals surface area contributed by atoms with E-state index in [2.05, 4.69) is 55.1 Å². The summed E-state index contributed by atoms with van der Waals surface area (Å²) in [4.78, 5) is 27.2. The molecule has 5 rings (SSSR count). The van der Waals surface area contributed by atoms with E-state index in [9.17, 15) is 4.79 Å². The van der Waals surface area contributed by atoms with E-state index in [1.165, 1.54) is 11.1 Å². The van der Waals surface area contributed by atoms with Gasteiger partial charge in [-0.1, -0.05) is 78.4 Å². The molecule has 5 heteroatoms. The van der Waals surface area contributed by atoms with Crippen molar-refractivity contribution < 1.29 is 4.79 Å². The Bertz CT molecular complexity index is 1310. The maximum Gasteiger partial charge on any atom is 0.253 e. The standard InChI is InChI=1S/C30H30N4O/c1-22-10-9-11-24(20-22)21-27-23(2)31-28(25-12-5-3-6-13-25)32-29(27)33-16-18-34(19-17-33)30(35)26-14-7-4-8-15-26/h3-15,20H,16-19,21H2,1-2H3. The Morgan fingerprint density at radius 3 is 2.17 bits per heavy atom. The van der Waals surface area contributed by atoms with E-state index in [-0.39, 0.29) is 5.91 Å². The summed E-state index contributed by atoms with van der Waals surface area (Å²) < 4.78 is 0. The molecule has 0 aliphatic carbocycles. The lowest BCUT2D eigenvalue weighted by Gasteiger charge is -2.36. The number of benzene rings is 3. The van der Waals surface area contributed by atoms with E-state index in [1.54, 1.807) is 0 Å². The predicted octanol–water partition coefficient (Wildman–Crippen LogP) is 5.31. The molecular weight excluding hydrogens is 432 g/mol. The Kier molecular flexibility index (Phi) is 6.57. The average molecular weight is 463 g/mol. The molecule has 4 aromatic rings. The van der Waals surface area contributed by atoms with Gasteiger partial charge in [0.25, 0.3) is 5.91 Å². The Balaban J connectivity index is 1.45. The lowest BCUT2D eigenvalue weighted by molar-refractivity contribution is 0.0746. The van der Waals surface area contributed by atoms with Crippen LogP contribution in [0, 0.1) is 13.8 Å². The van der Waals surface area contributed by atoms with Crippen molar-refractivity contribution in [2.75, 3.05) is 31.1 Å². The third-order valence-corrected chi connectivity index (χ3v) is 6.57. The molecular formula is C30H30N4O. The van der Waals surface area contributed by atoms with E-state index < -0.39 is 0 Å².